The van der Waals surface area contributed by atoms with E-state index in [0.29, 0.717) is 31.4 Å². The average Bonchev–Trinajstić information content (AvgIpc) is 2.86. The number of carbonyl (C=O) groups is 1. The van der Waals surface area contributed by atoms with Crippen molar-refractivity contribution in [2.75, 3.05) is 25.5 Å². The summed E-state index contributed by atoms with van der Waals surface area (Å²) in [6.45, 7) is 1.78. The van der Waals surface area contributed by atoms with Crippen LogP contribution in [0.3, 0.4) is 0 Å². The van der Waals surface area contributed by atoms with E-state index in [-0.39, 0.29) is 12.1 Å². The molecule has 1 aliphatic heterocycles. The van der Waals surface area contributed by atoms with Gasteiger partial charge >= 0.3 is 6.03 Å². The molecule has 1 fully saturated rings. The first-order valence-electron chi connectivity index (χ1n) is 5.96. The van der Waals surface area contributed by atoms with E-state index >= 15 is 0 Å². The Morgan fingerprint density at radius 3 is 3.22 bits per heavy atom. The van der Waals surface area contributed by atoms with Crippen molar-refractivity contribution < 1.29 is 9.53 Å². The lowest BCUT2D eigenvalue weighted by atomic mass is 10.3. The Kier molecular flexibility index (Phi) is 4.64. The molecule has 2 amide bonds. The van der Waals surface area contributed by atoms with E-state index in [1.807, 2.05) is 18.2 Å². The zero-order chi connectivity index (χ0) is 12.8. The van der Waals surface area contributed by atoms with Gasteiger partial charge in [-0.25, -0.2) is 9.78 Å². The summed E-state index contributed by atoms with van der Waals surface area (Å²) < 4.78 is 5.70. The van der Waals surface area contributed by atoms with E-state index in [4.69, 9.17) is 16.3 Å². The van der Waals surface area contributed by atoms with Gasteiger partial charge < -0.3 is 15.0 Å². The molecular weight excluding hydrogens is 254 g/mol. The molecule has 1 atom stereocenters. The number of hydrogen-bond acceptors (Lipinski definition) is 3. The Morgan fingerprint density at radius 2 is 2.50 bits per heavy atom. The van der Waals surface area contributed by atoms with Crippen molar-refractivity contribution in [2.45, 2.75) is 12.5 Å². The van der Waals surface area contributed by atoms with E-state index in [2.05, 4.69) is 10.3 Å². The number of alkyl halides is 1. The van der Waals surface area contributed by atoms with Crippen LogP contribution in [0.4, 0.5) is 4.79 Å². The Balaban J connectivity index is 1.80. The van der Waals surface area contributed by atoms with Gasteiger partial charge in [0, 0.05) is 37.7 Å². The first kappa shape index (κ1) is 13.0. The van der Waals surface area contributed by atoms with Crippen molar-refractivity contribution in [3.05, 3.63) is 24.4 Å². The van der Waals surface area contributed by atoms with Crippen molar-refractivity contribution in [2.24, 2.45) is 0 Å². The molecule has 5 nitrogen and oxygen atoms in total. The van der Waals surface area contributed by atoms with Crippen LogP contribution in [-0.4, -0.2) is 47.5 Å². The summed E-state index contributed by atoms with van der Waals surface area (Å²) in [5, 5.41) is 2.74. The van der Waals surface area contributed by atoms with Crippen molar-refractivity contribution in [1.29, 1.82) is 0 Å². The molecule has 1 aromatic rings. The lowest BCUT2D eigenvalue weighted by Gasteiger charge is -2.17. The van der Waals surface area contributed by atoms with Crippen LogP contribution >= 0.6 is 11.6 Å². The molecule has 6 heteroatoms. The third-order valence-electron chi connectivity index (χ3n) is 2.73. The second kappa shape index (κ2) is 6.44. The van der Waals surface area contributed by atoms with Crippen LogP contribution in [0, 0.1) is 0 Å². The predicted molar refractivity (Wildman–Crippen MR) is 69.0 cm³/mol. The lowest BCUT2D eigenvalue weighted by molar-refractivity contribution is 0.183. The standard InChI is InChI=1S/C12H16ClN3O2/c13-5-7-15-12(17)16-8-4-10(9-16)18-11-3-1-2-6-14-11/h1-3,6,10H,4-5,7-9H2,(H,15,17). The second-order valence-corrected chi connectivity index (χ2v) is 4.44. The van der Waals surface area contributed by atoms with E-state index in [9.17, 15) is 4.79 Å². The SMILES string of the molecule is O=C(NCCCl)N1CCC(Oc2ccccn2)C1. The summed E-state index contributed by atoms with van der Waals surface area (Å²) in [7, 11) is 0. The highest BCUT2D eigenvalue weighted by Gasteiger charge is 2.27. The topological polar surface area (TPSA) is 54.5 Å². The van der Waals surface area contributed by atoms with Crippen LogP contribution < -0.4 is 10.1 Å². The number of hydrogen-bond donors (Lipinski definition) is 1. The lowest BCUT2D eigenvalue weighted by Crippen LogP contribution is -2.40. The first-order valence-corrected chi connectivity index (χ1v) is 6.49. The van der Waals surface area contributed by atoms with Gasteiger partial charge in [0.25, 0.3) is 0 Å². The highest BCUT2D eigenvalue weighted by atomic mass is 35.5. The van der Waals surface area contributed by atoms with Crippen molar-refractivity contribution in [3.63, 3.8) is 0 Å². The highest BCUT2D eigenvalue weighted by molar-refractivity contribution is 6.18. The van der Waals surface area contributed by atoms with E-state index in [1.54, 1.807) is 11.1 Å². The molecule has 1 aromatic heterocycles. The quantitative estimate of drug-likeness (QED) is 0.843. The van der Waals surface area contributed by atoms with E-state index < -0.39 is 0 Å². The summed E-state index contributed by atoms with van der Waals surface area (Å²) in [4.78, 5) is 17.5. The molecule has 98 valence electrons. The zero-order valence-corrected chi connectivity index (χ0v) is 10.8. The molecule has 18 heavy (non-hydrogen) atoms. The summed E-state index contributed by atoms with van der Waals surface area (Å²) in [5.41, 5.74) is 0. The molecule has 1 saturated heterocycles. The number of ether oxygens (including phenoxy) is 1. The van der Waals surface area contributed by atoms with Crippen LogP contribution in [0.2, 0.25) is 0 Å². The van der Waals surface area contributed by atoms with Gasteiger partial charge in [-0.3, -0.25) is 0 Å². The number of pyridine rings is 1. The molecule has 0 aliphatic carbocycles. The van der Waals surface area contributed by atoms with Gasteiger partial charge in [0.2, 0.25) is 5.88 Å². The third kappa shape index (κ3) is 3.50. The summed E-state index contributed by atoms with van der Waals surface area (Å²) in [6, 6.07) is 5.45. The Bertz CT molecular complexity index is 388. The number of aromatic nitrogens is 1. The Morgan fingerprint density at radius 1 is 1.61 bits per heavy atom. The molecule has 0 radical (unpaired) electrons. The maximum Gasteiger partial charge on any atom is 0.317 e. The van der Waals surface area contributed by atoms with Gasteiger partial charge in [0.1, 0.15) is 6.10 Å². The van der Waals surface area contributed by atoms with Crippen LogP contribution in [0.25, 0.3) is 0 Å². The fourth-order valence-corrected chi connectivity index (χ4v) is 1.96. The molecule has 1 unspecified atom stereocenters. The van der Waals surface area contributed by atoms with Gasteiger partial charge in [-0.05, 0) is 6.07 Å². The van der Waals surface area contributed by atoms with Crippen molar-refractivity contribution in [3.8, 4) is 5.88 Å². The molecule has 1 aliphatic rings. The molecule has 0 bridgehead atoms. The van der Waals surface area contributed by atoms with Gasteiger partial charge in [-0.15, -0.1) is 11.6 Å². The minimum atomic E-state index is -0.0808. The largest absolute Gasteiger partial charge is 0.472 e. The van der Waals surface area contributed by atoms with Crippen LogP contribution in [0.5, 0.6) is 5.88 Å². The smallest absolute Gasteiger partial charge is 0.317 e. The number of likely N-dealkylation sites (tertiary alicyclic amines) is 1. The predicted octanol–water partition coefficient (Wildman–Crippen LogP) is 1.48. The minimum Gasteiger partial charge on any atom is -0.472 e. The molecule has 0 aromatic carbocycles. The second-order valence-electron chi connectivity index (χ2n) is 4.06. The number of carbonyl (C=O) groups excluding carboxylic acids is 1. The third-order valence-corrected chi connectivity index (χ3v) is 2.92. The molecule has 0 spiro atoms. The monoisotopic (exact) mass is 269 g/mol. The van der Waals surface area contributed by atoms with Crippen LogP contribution in [-0.2, 0) is 0 Å². The van der Waals surface area contributed by atoms with Gasteiger partial charge in [-0.1, -0.05) is 6.07 Å². The highest BCUT2D eigenvalue weighted by Crippen LogP contribution is 2.15. The fourth-order valence-electron chi connectivity index (χ4n) is 1.86. The van der Waals surface area contributed by atoms with E-state index in [1.165, 1.54) is 0 Å². The van der Waals surface area contributed by atoms with Crippen LogP contribution in [0.1, 0.15) is 6.42 Å². The fraction of sp³-hybridized carbons (Fsp3) is 0.500. The van der Waals surface area contributed by atoms with Crippen molar-refractivity contribution in [1.82, 2.24) is 15.2 Å². The maximum atomic E-state index is 11.7. The van der Waals surface area contributed by atoms with E-state index in [0.717, 1.165) is 6.42 Å². The number of amides is 2. The summed E-state index contributed by atoms with van der Waals surface area (Å²) >= 11 is 5.52. The average molecular weight is 270 g/mol. The van der Waals surface area contributed by atoms with Gasteiger partial charge in [-0.2, -0.15) is 0 Å². The number of halogens is 1. The Hall–Kier alpha value is -1.49. The number of nitrogens with one attached hydrogen (secondary N) is 1. The van der Waals surface area contributed by atoms with Gasteiger partial charge in [0.05, 0.1) is 6.54 Å². The summed E-state index contributed by atoms with van der Waals surface area (Å²) in [6.07, 6.45) is 2.53. The number of urea groups is 1. The number of rotatable bonds is 4. The summed E-state index contributed by atoms with van der Waals surface area (Å²) in [5.74, 6) is 1.03. The zero-order valence-electron chi connectivity index (χ0n) is 10.0. The Labute approximate surface area is 111 Å². The van der Waals surface area contributed by atoms with Crippen LogP contribution in [0.15, 0.2) is 24.4 Å². The maximum absolute atomic E-state index is 11.7. The molecule has 2 rings (SSSR count). The minimum absolute atomic E-state index is 0.0154. The first-order chi connectivity index (χ1) is 8.79. The van der Waals surface area contributed by atoms with Gasteiger partial charge in [0.15, 0.2) is 0 Å². The molecule has 0 saturated carbocycles. The molecule has 2 heterocycles. The normalized spacial score (nSPS) is 18.7. The number of nitrogens with zero attached hydrogens (tertiary/aromatic N) is 2. The van der Waals surface area contributed by atoms with Crippen molar-refractivity contribution >= 4 is 17.6 Å². The molecule has 1 N–H and O–H groups in total. The molecular formula is C12H16ClN3O2.